The summed E-state index contributed by atoms with van der Waals surface area (Å²) in [6.07, 6.45) is 2.03. The van der Waals surface area contributed by atoms with E-state index in [4.69, 9.17) is 0 Å². The summed E-state index contributed by atoms with van der Waals surface area (Å²) in [4.78, 5) is 3.19. The smallest absolute Gasteiger partial charge is 0.361 e. The van der Waals surface area contributed by atoms with E-state index < -0.39 is 0 Å². The second-order valence-corrected chi connectivity index (χ2v) is 2.52. The first-order chi connectivity index (χ1) is 4.88. The molecule has 1 aromatic heterocycles. The lowest BCUT2D eigenvalue weighted by atomic mass is 10.2. The Hall–Kier alpha value is -1.24. The number of benzene rings is 1. The Morgan fingerprint density at radius 2 is 2.10 bits per heavy atom. The van der Waals surface area contributed by atoms with E-state index in [1.165, 1.54) is 16.5 Å². The van der Waals surface area contributed by atoms with Crippen molar-refractivity contribution in [3.8, 4) is 0 Å². The second-order valence-electron chi connectivity index (χ2n) is 2.52. The maximum Gasteiger partial charge on any atom is 1.00 e. The molecule has 0 fully saturated rings. The Morgan fingerprint density at radius 1 is 1.30 bits per heavy atom. The van der Waals surface area contributed by atoms with Crippen LogP contribution in [0.4, 0.5) is 0 Å². The summed E-state index contributed by atoms with van der Waals surface area (Å²) in [6.45, 7) is 2.11. The van der Waals surface area contributed by atoms with Gasteiger partial charge >= 0.3 is 1.43 Å². The highest BCUT2D eigenvalue weighted by atomic mass is 14.7. The van der Waals surface area contributed by atoms with Crippen molar-refractivity contribution in [2.75, 3.05) is 0 Å². The Kier molecular flexibility index (Phi) is 1.04. The molecule has 0 saturated heterocycles. The Balaban J connectivity index is 0.000000605. The van der Waals surface area contributed by atoms with E-state index in [0.717, 1.165) is 0 Å². The van der Waals surface area contributed by atoms with Gasteiger partial charge in [0.1, 0.15) is 0 Å². The second kappa shape index (κ2) is 1.87. The maximum atomic E-state index is 3.19. The summed E-state index contributed by atoms with van der Waals surface area (Å²) in [7, 11) is 0. The van der Waals surface area contributed by atoms with Gasteiger partial charge in [0.2, 0.25) is 0 Å². The van der Waals surface area contributed by atoms with Gasteiger partial charge in [0.25, 0.3) is 0 Å². The van der Waals surface area contributed by atoms with E-state index in [1.807, 2.05) is 12.3 Å². The Labute approximate surface area is 61.2 Å². The molecule has 2 aromatic rings. The lowest BCUT2D eigenvalue weighted by Crippen LogP contribution is -1.64. The van der Waals surface area contributed by atoms with Gasteiger partial charge in [0, 0.05) is 17.1 Å². The molecule has 0 amide bonds. The molecule has 0 spiro atoms. The highest BCUT2D eigenvalue weighted by molar-refractivity contribution is 5.82. The van der Waals surface area contributed by atoms with Crippen LogP contribution in [0.15, 0.2) is 30.5 Å². The lowest BCUT2D eigenvalue weighted by Gasteiger charge is -1.86. The fourth-order valence-corrected chi connectivity index (χ4v) is 1.22. The third kappa shape index (κ3) is 0.637. The van der Waals surface area contributed by atoms with E-state index in [9.17, 15) is 0 Å². The van der Waals surface area contributed by atoms with Crippen LogP contribution < -0.4 is 0 Å². The molecule has 1 aromatic carbocycles. The average molecular weight is 132 g/mol. The number of rotatable bonds is 0. The number of aromatic amines is 1. The number of fused-ring (bicyclic) bond motifs is 1. The monoisotopic (exact) mass is 132 g/mol. The third-order valence-electron chi connectivity index (χ3n) is 1.80. The predicted molar refractivity (Wildman–Crippen MR) is 44.1 cm³/mol. The number of hydrogen-bond acceptors (Lipinski definition) is 0. The highest BCUT2D eigenvalue weighted by Gasteiger charge is 1.94. The molecule has 1 heteroatoms. The zero-order chi connectivity index (χ0) is 6.97. The standard InChI is InChI=1S/C9H9N/c1-7-6-10-9-5-3-2-4-8(7)9/h2-6,10H,1H3/p+1. The van der Waals surface area contributed by atoms with Crippen LogP contribution in [0.1, 0.15) is 6.99 Å². The van der Waals surface area contributed by atoms with Crippen LogP contribution in [-0.2, 0) is 0 Å². The molecule has 10 heavy (non-hydrogen) atoms. The van der Waals surface area contributed by atoms with Gasteiger partial charge in [0.15, 0.2) is 0 Å². The molecule has 50 valence electrons. The molecule has 0 saturated carbocycles. The van der Waals surface area contributed by atoms with Gasteiger partial charge in [-0.2, -0.15) is 0 Å². The molecule has 0 radical (unpaired) electrons. The van der Waals surface area contributed by atoms with Crippen molar-refractivity contribution < 1.29 is 1.43 Å². The quantitative estimate of drug-likeness (QED) is 0.567. The summed E-state index contributed by atoms with van der Waals surface area (Å²) in [6, 6.07) is 8.31. The van der Waals surface area contributed by atoms with E-state index in [1.54, 1.807) is 0 Å². The van der Waals surface area contributed by atoms with Crippen molar-refractivity contribution >= 4 is 10.9 Å². The van der Waals surface area contributed by atoms with Crippen LogP contribution in [0.3, 0.4) is 0 Å². The number of aryl methyl sites for hydroxylation is 1. The van der Waals surface area contributed by atoms with Gasteiger partial charge in [-0.3, -0.25) is 0 Å². The maximum absolute atomic E-state index is 3.19. The number of para-hydroxylation sites is 1. The minimum absolute atomic E-state index is 0. The summed E-state index contributed by atoms with van der Waals surface area (Å²) in [5, 5.41) is 1.32. The average Bonchev–Trinajstić information content (AvgIpc) is 2.34. The SMILES string of the molecule is Cc1c[nH]c2ccccc12.[H+]. The van der Waals surface area contributed by atoms with Crippen LogP contribution in [0.5, 0.6) is 0 Å². The summed E-state index contributed by atoms with van der Waals surface area (Å²) in [5.74, 6) is 0. The molecular formula is C9H10N+. The van der Waals surface area contributed by atoms with Crippen LogP contribution in [-0.4, -0.2) is 4.98 Å². The van der Waals surface area contributed by atoms with Crippen molar-refractivity contribution in [3.05, 3.63) is 36.0 Å². The third-order valence-corrected chi connectivity index (χ3v) is 1.80. The first-order valence-corrected chi connectivity index (χ1v) is 3.40. The first kappa shape index (κ1) is 5.54. The van der Waals surface area contributed by atoms with Gasteiger partial charge in [0.05, 0.1) is 0 Å². The fraction of sp³-hybridized carbons (Fsp3) is 0.111. The molecule has 0 aliphatic heterocycles. The van der Waals surface area contributed by atoms with Crippen LogP contribution in [0.2, 0.25) is 0 Å². The van der Waals surface area contributed by atoms with Gasteiger partial charge in [-0.05, 0) is 18.6 Å². The normalized spacial score (nSPS) is 10.5. The number of aromatic nitrogens is 1. The topological polar surface area (TPSA) is 15.8 Å². The molecule has 0 bridgehead atoms. The molecule has 0 atom stereocenters. The van der Waals surface area contributed by atoms with Gasteiger partial charge in [-0.1, -0.05) is 18.2 Å². The van der Waals surface area contributed by atoms with Crippen molar-refractivity contribution in [2.24, 2.45) is 0 Å². The van der Waals surface area contributed by atoms with Crippen LogP contribution in [0.25, 0.3) is 10.9 Å². The Morgan fingerprint density at radius 3 is 2.90 bits per heavy atom. The Bertz CT molecular complexity index is 351. The zero-order valence-electron chi connectivity index (χ0n) is 6.89. The van der Waals surface area contributed by atoms with Crippen molar-refractivity contribution in [3.63, 3.8) is 0 Å². The molecule has 0 aliphatic carbocycles. The summed E-state index contributed by atoms with van der Waals surface area (Å²) in [5.41, 5.74) is 2.54. The van der Waals surface area contributed by atoms with Gasteiger partial charge in [-0.25, -0.2) is 0 Å². The molecule has 1 nitrogen and oxygen atoms in total. The minimum atomic E-state index is 0. The summed E-state index contributed by atoms with van der Waals surface area (Å²) >= 11 is 0. The van der Waals surface area contributed by atoms with Crippen LogP contribution in [0, 0.1) is 6.92 Å². The number of H-pyrrole nitrogens is 1. The molecule has 1 N–H and O–H groups in total. The molecule has 0 unspecified atom stereocenters. The number of nitrogens with one attached hydrogen (secondary N) is 1. The lowest BCUT2D eigenvalue weighted by molar-refractivity contribution is 1.43. The number of hydrogen-bond donors (Lipinski definition) is 1. The van der Waals surface area contributed by atoms with E-state index in [-0.39, 0.29) is 1.43 Å². The van der Waals surface area contributed by atoms with Crippen molar-refractivity contribution in [1.29, 1.82) is 0 Å². The predicted octanol–water partition coefficient (Wildman–Crippen LogP) is 2.59. The first-order valence-electron chi connectivity index (χ1n) is 3.40. The molecule has 1 heterocycles. The van der Waals surface area contributed by atoms with Crippen LogP contribution >= 0.6 is 0 Å². The van der Waals surface area contributed by atoms with Gasteiger partial charge < -0.3 is 4.98 Å². The largest absolute Gasteiger partial charge is 1.00 e. The van der Waals surface area contributed by atoms with Gasteiger partial charge in [-0.15, -0.1) is 0 Å². The fourth-order valence-electron chi connectivity index (χ4n) is 1.22. The summed E-state index contributed by atoms with van der Waals surface area (Å²) < 4.78 is 0. The molecule has 0 aliphatic rings. The van der Waals surface area contributed by atoms with E-state index in [2.05, 4.69) is 30.1 Å². The van der Waals surface area contributed by atoms with E-state index in [0.29, 0.717) is 0 Å². The molecule has 2 rings (SSSR count). The van der Waals surface area contributed by atoms with E-state index >= 15 is 0 Å². The highest BCUT2D eigenvalue weighted by Crippen LogP contribution is 2.15. The zero-order valence-corrected chi connectivity index (χ0v) is 5.89. The van der Waals surface area contributed by atoms with Crippen molar-refractivity contribution in [1.82, 2.24) is 4.98 Å². The molecular weight excluding hydrogens is 122 g/mol. The van der Waals surface area contributed by atoms with Crippen molar-refractivity contribution in [2.45, 2.75) is 6.92 Å². The minimum Gasteiger partial charge on any atom is -0.361 e.